The van der Waals surface area contributed by atoms with Crippen LogP contribution in [-0.2, 0) is 101 Å². The summed E-state index contributed by atoms with van der Waals surface area (Å²) >= 11 is 0. The van der Waals surface area contributed by atoms with Crippen molar-refractivity contribution in [2.45, 2.75) is 166 Å². The molecule has 2 heterocycles. The fraction of sp³-hybridized carbons (Fsp3) is 0.424. The Morgan fingerprint density at radius 2 is 0.595 bits per heavy atom. The predicted octanol–water partition coefficient (Wildman–Crippen LogP) is 12.2. The maximum atomic E-state index is 13.5. The van der Waals surface area contributed by atoms with E-state index in [-0.39, 0.29) is 77.6 Å². The first-order chi connectivity index (χ1) is 38.9. The third-order valence-corrected chi connectivity index (χ3v) is 13.9. The van der Waals surface area contributed by atoms with Gasteiger partial charge in [0.15, 0.2) is 12.6 Å². The van der Waals surface area contributed by atoms with Crippen molar-refractivity contribution in [2.24, 2.45) is 0 Å². The van der Waals surface area contributed by atoms with E-state index in [9.17, 15) is 9.59 Å². The molecule has 420 valence electrons. The molecule has 0 bridgehead atoms. The van der Waals surface area contributed by atoms with E-state index >= 15 is 0 Å². The van der Waals surface area contributed by atoms with Gasteiger partial charge in [0, 0.05) is 12.8 Å². The Balaban J connectivity index is 1.21. The molecule has 6 aromatic carbocycles. The number of unbranched alkanes of at least 4 members (excludes halogenated alkanes) is 4. The van der Waals surface area contributed by atoms with Crippen LogP contribution in [0.2, 0.25) is 0 Å². The summed E-state index contributed by atoms with van der Waals surface area (Å²) in [6.45, 7) is 4.90. The monoisotopic (exact) mass is 1080 g/mol. The molecular weight excluding hydrogens is 1000 g/mol. The number of rotatable bonds is 32. The van der Waals surface area contributed by atoms with Gasteiger partial charge in [-0.25, -0.2) is 0 Å². The maximum absolute atomic E-state index is 13.5. The lowest BCUT2D eigenvalue weighted by atomic mass is 9.96. The van der Waals surface area contributed by atoms with E-state index in [1.165, 1.54) is 0 Å². The standard InChI is InChI=1S/C66H78O13/c1-3-5-13-39-57(67)69-47-55-59(71-41-49-27-15-7-16-28-49)61(73-43-51-31-19-9-20-32-51)63(75-45-53-35-23-11-24-36-53)65(77-55)79-66-64(76-46-54-37-25-12-26-38-54)62(74-44-52-33-21-10-22-34-52)60(72-42-50-29-17-8-18-30-50)56(78-66)48-70-58(68)40-14-6-4-2/h7-12,15-38,55-56,59-66H,3-6,13-14,39-48H2,1-2H3/t55-,56-,59-,60-,61+,62+,63-,64-,65-,66-/m1/s1. The van der Waals surface area contributed by atoms with Gasteiger partial charge in [-0.3, -0.25) is 9.59 Å². The highest BCUT2D eigenvalue weighted by atomic mass is 16.8. The molecule has 2 aliphatic rings. The molecule has 2 saturated heterocycles. The molecule has 0 aromatic heterocycles. The van der Waals surface area contributed by atoms with Gasteiger partial charge in [0.25, 0.3) is 0 Å². The first kappa shape index (κ1) is 59.0. The zero-order valence-corrected chi connectivity index (χ0v) is 45.7. The highest BCUT2D eigenvalue weighted by molar-refractivity contribution is 5.69. The second-order valence-electron chi connectivity index (χ2n) is 20.1. The SMILES string of the molecule is CCCCCC(=O)OC[C@H]1O[C@H](O[C@H]2O[C@H](COC(=O)CCCCC)[C@@H](OCc3ccccc3)[C@H](OCc3ccccc3)[C@H]2OCc2ccccc2)[C@H](OCc2ccccc2)[C@@H](OCc2ccccc2)[C@@H]1OCc1ccccc1. The van der Waals surface area contributed by atoms with Crippen LogP contribution in [0, 0.1) is 0 Å². The van der Waals surface area contributed by atoms with Gasteiger partial charge in [-0.05, 0) is 46.2 Å². The van der Waals surface area contributed by atoms with Crippen LogP contribution in [0.4, 0.5) is 0 Å². The van der Waals surface area contributed by atoms with Crippen molar-refractivity contribution in [2.75, 3.05) is 13.2 Å². The van der Waals surface area contributed by atoms with E-state index in [0.29, 0.717) is 12.8 Å². The fourth-order valence-electron chi connectivity index (χ4n) is 9.64. The van der Waals surface area contributed by atoms with Gasteiger partial charge in [-0.15, -0.1) is 0 Å². The van der Waals surface area contributed by atoms with Crippen molar-refractivity contribution >= 4 is 11.9 Å². The highest BCUT2D eigenvalue weighted by Crippen LogP contribution is 2.37. The van der Waals surface area contributed by atoms with E-state index in [1.54, 1.807) is 0 Å². The van der Waals surface area contributed by atoms with Crippen LogP contribution in [0.5, 0.6) is 0 Å². The van der Waals surface area contributed by atoms with Crippen LogP contribution >= 0.6 is 0 Å². The van der Waals surface area contributed by atoms with E-state index in [0.717, 1.165) is 59.1 Å². The lowest BCUT2D eigenvalue weighted by molar-refractivity contribution is -0.393. The fourth-order valence-corrected chi connectivity index (χ4v) is 9.64. The van der Waals surface area contributed by atoms with Crippen LogP contribution in [0.3, 0.4) is 0 Å². The predicted molar refractivity (Wildman–Crippen MR) is 299 cm³/mol. The first-order valence-electron chi connectivity index (χ1n) is 28.1. The molecule has 2 fully saturated rings. The summed E-state index contributed by atoms with van der Waals surface area (Å²) in [6.07, 6.45) is -4.24. The number of hydrogen-bond acceptors (Lipinski definition) is 13. The molecule has 0 aliphatic carbocycles. The van der Waals surface area contributed by atoms with Crippen molar-refractivity contribution in [3.05, 3.63) is 215 Å². The Labute approximate surface area is 466 Å². The average Bonchev–Trinajstić information content (AvgIpc) is 3.58. The van der Waals surface area contributed by atoms with Crippen molar-refractivity contribution in [1.29, 1.82) is 0 Å². The normalized spacial score (nSPS) is 23.0. The maximum Gasteiger partial charge on any atom is 0.305 e. The van der Waals surface area contributed by atoms with Crippen molar-refractivity contribution in [3.63, 3.8) is 0 Å². The van der Waals surface area contributed by atoms with E-state index in [2.05, 4.69) is 13.8 Å². The van der Waals surface area contributed by atoms with Gasteiger partial charge in [-0.1, -0.05) is 222 Å². The summed E-state index contributed by atoms with van der Waals surface area (Å²) in [4.78, 5) is 27.0. The zero-order chi connectivity index (χ0) is 54.7. The van der Waals surface area contributed by atoms with E-state index in [4.69, 9.17) is 52.1 Å². The summed E-state index contributed by atoms with van der Waals surface area (Å²) in [5, 5.41) is 0. The summed E-state index contributed by atoms with van der Waals surface area (Å²) < 4.78 is 75.6. The molecule has 79 heavy (non-hydrogen) atoms. The van der Waals surface area contributed by atoms with Crippen molar-refractivity contribution in [1.82, 2.24) is 0 Å². The van der Waals surface area contributed by atoms with Gasteiger partial charge in [0.05, 0.1) is 39.6 Å². The second kappa shape index (κ2) is 32.8. The molecule has 6 aromatic rings. The number of benzene rings is 6. The Hall–Kier alpha value is -6.10. The van der Waals surface area contributed by atoms with Gasteiger partial charge in [0.2, 0.25) is 0 Å². The Kier molecular flexibility index (Phi) is 24.5. The molecule has 8 rings (SSSR count). The largest absolute Gasteiger partial charge is 0.463 e. The summed E-state index contributed by atoms with van der Waals surface area (Å²) in [5.41, 5.74) is 5.50. The molecule has 13 nitrogen and oxygen atoms in total. The molecule has 0 spiro atoms. The van der Waals surface area contributed by atoms with Gasteiger partial charge < -0.3 is 52.1 Å². The number of carbonyl (C=O) groups is 2. The third kappa shape index (κ3) is 19.0. The Bertz CT molecular complexity index is 2410. The topological polar surface area (TPSA) is 136 Å². The first-order valence-corrected chi connectivity index (χ1v) is 28.1. The van der Waals surface area contributed by atoms with Gasteiger partial charge in [0.1, 0.15) is 62.0 Å². The minimum Gasteiger partial charge on any atom is -0.463 e. The molecule has 0 amide bonds. The van der Waals surface area contributed by atoms with Crippen LogP contribution in [0.25, 0.3) is 0 Å². The van der Waals surface area contributed by atoms with Crippen molar-refractivity contribution < 1.29 is 61.7 Å². The number of hydrogen-bond donors (Lipinski definition) is 0. The Morgan fingerprint density at radius 1 is 0.342 bits per heavy atom. The van der Waals surface area contributed by atoms with Crippen LogP contribution in [0.1, 0.15) is 98.6 Å². The number of ether oxygens (including phenoxy) is 11. The van der Waals surface area contributed by atoms with Crippen LogP contribution in [0.15, 0.2) is 182 Å². The second-order valence-corrected chi connectivity index (χ2v) is 20.1. The number of esters is 2. The van der Waals surface area contributed by atoms with E-state index < -0.39 is 61.4 Å². The lowest BCUT2D eigenvalue weighted by Gasteiger charge is -2.49. The van der Waals surface area contributed by atoms with Crippen LogP contribution in [-0.4, -0.2) is 86.6 Å². The summed E-state index contributed by atoms with van der Waals surface area (Å²) in [6, 6.07) is 59.1. The molecule has 0 radical (unpaired) electrons. The van der Waals surface area contributed by atoms with Crippen LogP contribution < -0.4 is 0 Å². The summed E-state index contributed by atoms with van der Waals surface area (Å²) in [5.74, 6) is -0.699. The smallest absolute Gasteiger partial charge is 0.305 e. The zero-order valence-electron chi connectivity index (χ0n) is 45.7. The van der Waals surface area contributed by atoms with E-state index in [1.807, 2.05) is 182 Å². The quantitative estimate of drug-likeness (QED) is 0.0293. The molecule has 0 unspecified atom stereocenters. The average molecular weight is 1080 g/mol. The van der Waals surface area contributed by atoms with Gasteiger partial charge in [-0.2, -0.15) is 0 Å². The van der Waals surface area contributed by atoms with Gasteiger partial charge >= 0.3 is 11.9 Å². The third-order valence-electron chi connectivity index (χ3n) is 13.9. The molecule has 10 atom stereocenters. The molecular formula is C66H78O13. The van der Waals surface area contributed by atoms with Crippen molar-refractivity contribution in [3.8, 4) is 0 Å². The molecule has 0 saturated carbocycles. The minimum absolute atomic E-state index is 0.149. The molecule has 0 N–H and O–H groups in total. The summed E-state index contributed by atoms with van der Waals surface area (Å²) in [7, 11) is 0. The minimum atomic E-state index is -1.27. The Morgan fingerprint density at radius 3 is 0.861 bits per heavy atom. The molecule has 2 aliphatic heterocycles. The highest BCUT2D eigenvalue weighted by Gasteiger charge is 2.55. The molecule has 13 heteroatoms. The number of carbonyl (C=O) groups excluding carboxylic acids is 2. The lowest BCUT2D eigenvalue weighted by Crippen LogP contribution is -2.66.